The first-order valence-electron chi connectivity index (χ1n) is 6.62. The molecule has 0 fully saturated rings. The van der Waals surface area contributed by atoms with Gasteiger partial charge in [-0.15, -0.1) is 13.2 Å². The van der Waals surface area contributed by atoms with Gasteiger partial charge in [0.05, 0.1) is 0 Å². The van der Waals surface area contributed by atoms with E-state index in [2.05, 4.69) is 26.3 Å². The maximum absolute atomic E-state index is 5.84. The normalized spacial score (nSPS) is 11.4. The van der Waals surface area contributed by atoms with Gasteiger partial charge in [-0.2, -0.15) is 0 Å². The van der Waals surface area contributed by atoms with Gasteiger partial charge in [0, 0.05) is 13.2 Å². The number of allylic oxidation sites excluding steroid dienone is 2. The molecule has 0 heterocycles. The molecule has 0 aromatic rings. The first-order chi connectivity index (χ1) is 8.12. The maximum Gasteiger partial charge on any atom is 0.331 e. The average molecular weight is 256 g/mol. The largest absolute Gasteiger partial charge is 0.395 e. The minimum Gasteiger partial charge on any atom is -0.395 e. The standard InChI is InChI=1S/C14H28O2Si/c1-5-7-9-11-13-15-17(3,4)16-14-12-10-8-6-2/h5-6H,1-2,7-14H2,3-4H3. The van der Waals surface area contributed by atoms with Gasteiger partial charge in [-0.05, 0) is 51.6 Å². The third-order valence-electron chi connectivity index (χ3n) is 2.50. The van der Waals surface area contributed by atoms with Crippen LogP contribution in [-0.4, -0.2) is 21.8 Å². The predicted octanol–water partition coefficient (Wildman–Crippen LogP) is 4.43. The van der Waals surface area contributed by atoms with E-state index in [0.717, 1.165) is 51.7 Å². The molecule has 0 bridgehead atoms. The van der Waals surface area contributed by atoms with E-state index >= 15 is 0 Å². The molecule has 0 saturated carbocycles. The molecule has 0 amide bonds. The molecule has 0 spiro atoms. The Morgan fingerprint density at radius 2 is 1.24 bits per heavy atom. The van der Waals surface area contributed by atoms with Crippen molar-refractivity contribution in [2.24, 2.45) is 0 Å². The summed E-state index contributed by atoms with van der Waals surface area (Å²) in [5.41, 5.74) is 0. The van der Waals surface area contributed by atoms with Crippen molar-refractivity contribution in [2.75, 3.05) is 13.2 Å². The second-order valence-electron chi connectivity index (χ2n) is 4.67. The van der Waals surface area contributed by atoms with Crippen molar-refractivity contribution in [1.82, 2.24) is 0 Å². The van der Waals surface area contributed by atoms with Crippen molar-refractivity contribution in [2.45, 2.75) is 51.6 Å². The van der Waals surface area contributed by atoms with Gasteiger partial charge in [0.2, 0.25) is 0 Å². The molecule has 0 unspecified atom stereocenters. The van der Waals surface area contributed by atoms with Crippen LogP contribution in [0.3, 0.4) is 0 Å². The maximum atomic E-state index is 5.84. The topological polar surface area (TPSA) is 18.5 Å². The molecule has 0 aliphatic carbocycles. The third kappa shape index (κ3) is 11.9. The number of rotatable bonds is 12. The zero-order valence-corrected chi connectivity index (χ0v) is 12.5. The molecule has 100 valence electrons. The first kappa shape index (κ1) is 16.6. The minimum absolute atomic E-state index is 0.819. The summed E-state index contributed by atoms with van der Waals surface area (Å²) in [5.74, 6) is 0. The van der Waals surface area contributed by atoms with Crippen LogP contribution >= 0.6 is 0 Å². The van der Waals surface area contributed by atoms with Crippen LogP contribution in [0.4, 0.5) is 0 Å². The summed E-state index contributed by atoms with van der Waals surface area (Å²) in [6, 6.07) is 0. The monoisotopic (exact) mass is 256 g/mol. The molecule has 0 aliphatic rings. The fraction of sp³-hybridized carbons (Fsp3) is 0.714. The van der Waals surface area contributed by atoms with Crippen LogP contribution < -0.4 is 0 Å². The summed E-state index contributed by atoms with van der Waals surface area (Å²) in [7, 11) is -1.88. The van der Waals surface area contributed by atoms with Gasteiger partial charge in [0.25, 0.3) is 0 Å². The van der Waals surface area contributed by atoms with E-state index in [1.54, 1.807) is 0 Å². The Labute approximate surface area is 108 Å². The number of hydrogen-bond donors (Lipinski definition) is 0. The quantitative estimate of drug-likeness (QED) is 0.292. The highest BCUT2D eigenvalue weighted by atomic mass is 28.4. The molecule has 0 N–H and O–H groups in total. The summed E-state index contributed by atoms with van der Waals surface area (Å²) in [5, 5.41) is 0. The van der Waals surface area contributed by atoms with Gasteiger partial charge >= 0.3 is 8.56 Å². The van der Waals surface area contributed by atoms with Gasteiger partial charge in [-0.25, -0.2) is 0 Å². The summed E-state index contributed by atoms with van der Waals surface area (Å²) in [4.78, 5) is 0. The Hall–Kier alpha value is -0.383. The van der Waals surface area contributed by atoms with E-state index < -0.39 is 8.56 Å². The summed E-state index contributed by atoms with van der Waals surface area (Å²) in [6.07, 6.45) is 10.6. The van der Waals surface area contributed by atoms with E-state index in [4.69, 9.17) is 8.85 Å². The van der Waals surface area contributed by atoms with Gasteiger partial charge in [0.15, 0.2) is 0 Å². The fourth-order valence-corrected chi connectivity index (χ4v) is 2.81. The molecule has 0 aromatic heterocycles. The van der Waals surface area contributed by atoms with Crippen LogP contribution in [0, 0.1) is 0 Å². The number of unbranched alkanes of at least 4 members (excludes halogenated alkanes) is 4. The SMILES string of the molecule is C=CCCCCO[Si](C)(C)OCCCCC=C. The van der Waals surface area contributed by atoms with E-state index in [1.807, 2.05) is 12.2 Å². The van der Waals surface area contributed by atoms with Crippen LogP contribution in [0.1, 0.15) is 38.5 Å². The van der Waals surface area contributed by atoms with Gasteiger partial charge in [-0.3, -0.25) is 0 Å². The highest BCUT2D eigenvalue weighted by Crippen LogP contribution is 2.10. The molecule has 0 atom stereocenters. The Balaban J connectivity index is 3.44. The predicted molar refractivity (Wildman–Crippen MR) is 77.5 cm³/mol. The Morgan fingerprint density at radius 3 is 1.59 bits per heavy atom. The smallest absolute Gasteiger partial charge is 0.331 e. The number of hydrogen-bond acceptors (Lipinski definition) is 2. The highest BCUT2D eigenvalue weighted by molar-refractivity contribution is 6.64. The first-order valence-corrected chi connectivity index (χ1v) is 9.44. The molecule has 0 radical (unpaired) electrons. The third-order valence-corrected chi connectivity index (χ3v) is 4.30. The van der Waals surface area contributed by atoms with Crippen molar-refractivity contribution >= 4 is 8.56 Å². The molecular weight excluding hydrogens is 228 g/mol. The lowest BCUT2D eigenvalue weighted by Gasteiger charge is -2.22. The second-order valence-corrected chi connectivity index (χ2v) is 8.04. The molecule has 0 aromatic carbocycles. The van der Waals surface area contributed by atoms with Gasteiger partial charge in [0.1, 0.15) is 0 Å². The molecule has 17 heavy (non-hydrogen) atoms. The summed E-state index contributed by atoms with van der Waals surface area (Å²) < 4.78 is 11.7. The van der Waals surface area contributed by atoms with E-state index in [1.165, 1.54) is 0 Å². The van der Waals surface area contributed by atoms with Crippen LogP contribution in [0.15, 0.2) is 25.3 Å². The van der Waals surface area contributed by atoms with Crippen molar-refractivity contribution in [1.29, 1.82) is 0 Å². The zero-order chi connectivity index (χ0) is 13.0. The van der Waals surface area contributed by atoms with E-state index in [9.17, 15) is 0 Å². The van der Waals surface area contributed by atoms with Crippen molar-refractivity contribution in [3.8, 4) is 0 Å². The zero-order valence-electron chi connectivity index (χ0n) is 11.5. The van der Waals surface area contributed by atoms with Gasteiger partial charge in [-0.1, -0.05) is 12.2 Å². The highest BCUT2D eigenvalue weighted by Gasteiger charge is 2.23. The minimum atomic E-state index is -1.88. The summed E-state index contributed by atoms with van der Waals surface area (Å²) >= 11 is 0. The molecule has 3 heteroatoms. The van der Waals surface area contributed by atoms with Crippen molar-refractivity contribution in [3.63, 3.8) is 0 Å². The molecular formula is C14H28O2Si. The molecule has 2 nitrogen and oxygen atoms in total. The Morgan fingerprint density at radius 1 is 0.824 bits per heavy atom. The van der Waals surface area contributed by atoms with Crippen LogP contribution in [-0.2, 0) is 8.85 Å². The lowest BCUT2D eigenvalue weighted by atomic mass is 10.2. The van der Waals surface area contributed by atoms with Crippen molar-refractivity contribution < 1.29 is 8.85 Å². The Kier molecular flexibility index (Phi) is 10.5. The average Bonchev–Trinajstić information content (AvgIpc) is 2.28. The van der Waals surface area contributed by atoms with Crippen molar-refractivity contribution in [3.05, 3.63) is 25.3 Å². The summed E-state index contributed by atoms with van der Waals surface area (Å²) in [6.45, 7) is 13.3. The van der Waals surface area contributed by atoms with E-state index in [-0.39, 0.29) is 0 Å². The molecule has 0 rings (SSSR count). The lowest BCUT2D eigenvalue weighted by Crippen LogP contribution is -2.35. The van der Waals surface area contributed by atoms with Gasteiger partial charge < -0.3 is 8.85 Å². The van der Waals surface area contributed by atoms with Crippen LogP contribution in [0.2, 0.25) is 13.1 Å². The van der Waals surface area contributed by atoms with E-state index in [0.29, 0.717) is 0 Å². The fourth-order valence-electron chi connectivity index (χ4n) is 1.46. The lowest BCUT2D eigenvalue weighted by molar-refractivity contribution is 0.174. The second kappa shape index (κ2) is 10.8. The molecule has 0 aliphatic heterocycles. The van der Waals surface area contributed by atoms with Crippen LogP contribution in [0.25, 0.3) is 0 Å². The molecule has 0 saturated heterocycles. The Bertz CT molecular complexity index is 182. The van der Waals surface area contributed by atoms with Crippen LogP contribution in [0.5, 0.6) is 0 Å².